The van der Waals surface area contributed by atoms with Crippen molar-refractivity contribution in [2.75, 3.05) is 24.2 Å². The first-order chi connectivity index (χ1) is 17.3. The largest absolute Gasteiger partial charge is 0.495 e. The van der Waals surface area contributed by atoms with Gasteiger partial charge in [-0.25, -0.2) is 8.42 Å². The Morgan fingerprint density at radius 3 is 2.19 bits per heavy atom. The van der Waals surface area contributed by atoms with E-state index in [1.165, 1.54) is 24.1 Å². The van der Waals surface area contributed by atoms with Gasteiger partial charge in [-0.1, -0.05) is 54.7 Å². The molecule has 0 heterocycles. The second kappa shape index (κ2) is 13.6. The van der Waals surface area contributed by atoms with Crippen LogP contribution in [0.3, 0.4) is 0 Å². The maximum Gasteiger partial charge on any atom is 0.244 e. The highest BCUT2D eigenvalue weighted by Gasteiger charge is 2.33. The molecule has 0 radical (unpaired) electrons. The van der Waals surface area contributed by atoms with E-state index in [4.69, 9.17) is 39.5 Å². The van der Waals surface area contributed by atoms with E-state index in [9.17, 15) is 18.0 Å². The number of anilines is 1. The molecule has 0 unspecified atom stereocenters. The topological polar surface area (TPSA) is 96.0 Å². The van der Waals surface area contributed by atoms with E-state index in [-0.39, 0.29) is 41.4 Å². The van der Waals surface area contributed by atoms with Crippen molar-refractivity contribution in [3.8, 4) is 5.75 Å². The van der Waals surface area contributed by atoms with Gasteiger partial charge in [0.25, 0.3) is 0 Å². The number of carbonyl (C=O) groups excluding carboxylic acids is 2. The smallest absolute Gasteiger partial charge is 0.244 e. The minimum absolute atomic E-state index is 0.0960. The summed E-state index contributed by atoms with van der Waals surface area (Å²) in [7, 11) is -2.58. The molecule has 0 aliphatic rings. The van der Waals surface area contributed by atoms with Crippen LogP contribution in [0.2, 0.25) is 15.1 Å². The Labute approximate surface area is 233 Å². The highest BCUT2D eigenvalue weighted by molar-refractivity contribution is 7.92. The molecule has 0 saturated heterocycles. The number of rotatable bonds is 12. The van der Waals surface area contributed by atoms with Crippen molar-refractivity contribution in [2.24, 2.45) is 0 Å². The molecule has 2 amide bonds. The Kier molecular flexibility index (Phi) is 11.4. The fourth-order valence-corrected chi connectivity index (χ4v) is 5.20. The van der Waals surface area contributed by atoms with Crippen molar-refractivity contribution in [1.82, 2.24) is 10.2 Å². The van der Waals surface area contributed by atoms with Crippen LogP contribution in [0.4, 0.5) is 5.69 Å². The Morgan fingerprint density at radius 1 is 1.05 bits per heavy atom. The SMILES string of the molecule is CC[C@@H](C)NC(=O)[C@H](CC)N(Cc1c(Cl)cccc1Cl)C(=O)CN(c1cc(Cl)ccc1OC)S(C)(=O)=O. The van der Waals surface area contributed by atoms with Gasteiger partial charge in [-0.3, -0.25) is 13.9 Å². The normalized spacial score (nSPS) is 13.0. The van der Waals surface area contributed by atoms with Crippen molar-refractivity contribution >= 4 is 62.3 Å². The van der Waals surface area contributed by atoms with E-state index in [1.54, 1.807) is 31.2 Å². The predicted molar refractivity (Wildman–Crippen MR) is 149 cm³/mol. The molecule has 0 aliphatic heterocycles. The molecule has 2 aromatic carbocycles. The molecule has 0 aromatic heterocycles. The van der Waals surface area contributed by atoms with Gasteiger partial charge in [0.05, 0.1) is 19.1 Å². The second-order valence-corrected chi connectivity index (χ2v) is 11.7. The summed E-state index contributed by atoms with van der Waals surface area (Å²) in [5.41, 5.74) is 0.541. The first-order valence-corrected chi connectivity index (χ1v) is 14.7. The van der Waals surface area contributed by atoms with E-state index in [0.717, 1.165) is 10.6 Å². The molecule has 0 saturated carbocycles. The number of benzene rings is 2. The van der Waals surface area contributed by atoms with E-state index in [2.05, 4.69) is 5.32 Å². The molecule has 204 valence electrons. The standard InChI is InChI=1S/C25H32Cl3N3O5S/c1-6-16(3)29-25(33)21(7-2)30(14-18-19(27)9-8-10-20(18)28)24(32)15-31(37(5,34)35)22-13-17(26)11-12-23(22)36-4/h8-13,16,21H,6-7,14-15H2,1-5H3,(H,29,33)/t16-,21+/m1/s1. The summed E-state index contributed by atoms with van der Waals surface area (Å²) in [6.07, 6.45) is 1.95. The van der Waals surface area contributed by atoms with Crippen molar-refractivity contribution in [1.29, 1.82) is 0 Å². The molecule has 2 rings (SSSR count). The number of carbonyl (C=O) groups is 2. The predicted octanol–water partition coefficient (Wildman–Crippen LogP) is 5.14. The third-order valence-electron chi connectivity index (χ3n) is 5.87. The highest BCUT2D eigenvalue weighted by Crippen LogP contribution is 2.33. The molecule has 2 aromatic rings. The van der Waals surface area contributed by atoms with Crippen LogP contribution in [0.15, 0.2) is 36.4 Å². The van der Waals surface area contributed by atoms with Gasteiger partial charge in [-0.2, -0.15) is 0 Å². The highest BCUT2D eigenvalue weighted by atomic mass is 35.5. The van der Waals surface area contributed by atoms with Gasteiger partial charge in [-0.15, -0.1) is 0 Å². The molecule has 12 heteroatoms. The monoisotopic (exact) mass is 591 g/mol. The minimum atomic E-state index is -3.97. The summed E-state index contributed by atoms with van der Waals surface area (Å²) < 4.78 is 31.9. The Balaban J connectivity index is 2.57. The fraction of sp³-hybridized carbons (Fsp3) is 0.440. The van der Waals surface area contributed by atoms with Crippen molar-refractivity contribution in [2.45, 2.75) is 52.2 Å². The van der Waals surface area contributed by atoms with Gasteiger partial charge in [0.1, 0.15) is 18.3 Å². The fourth-order valence-electron chi connectivity index (χ4n) is 3.67. The number of hydrogen-bond acceptors (Lipinski definition) is 5. The number of ether oxygens (including phenoxy) is 1. The molecular weight excluding hydrogens is 561 g/mol. The number of nitrogens with zero attached hydrogens (tertiary/aromatic N) is 2. The minimum Gasteiger partial charge on any atom is -0.495 e. The summed E-state index contributed by atoms with van der Waals surface area (Å²) in [4.78, 5) is 28.3. The van der Waals surface area contributed by atoms with Gasteiger partial charge >= 0.3 is 0 Å². The van der Waals surface area contributed by atoms with E-state index < -0.39 is 28.5 Å². The first-order valence-electron chi connectivity index (χ1n) is 11.7. The van der Waals surface area contributed by atoms with Crippen molar-refractivity contribution < 1.29 is 22.7 Å². The van der Waals surface area contributed by atoms with Crippen molar-refractivity contribution in [3.05, 3.63) is 57.0 Å². The van der Waals surface area contributed by atoms with Gasteiger partial charge < -0.3 is 15.0 Å². The zero-order chi connectivity index (χ0) is 27.9. The summed E-state index contributed by atoms with van der Waals surface area (Å²) in [6, 6.07) is 8.36. The maximum atomic E-state index is 13.8. The average molecular weight is 593 g/mol. The van der Waals surface area contributed by atoms with Gasteiger partial charge in [0.2, 0.25) is 21.8 Å². The maximum absolute atomic E-state index is 13.8. The van der Waals surface area contributed by atoms with Crippen LogP contribution >= 0.6 is 34.8 Å². The molecule has 37 heavy (non-hydrogen) atoms. The third kappa shape index (κ3) is 8.14. The second-order valence-electron chi connectivity index (χ2n) is 8.55. The number of amides is 2. The lowest BCUT2D eigenvalue weighted by atomic mass is 10.1. The molecular formula is C25H32Cl3N3O5S. The van der Waals surface area contributed by atoms with Gasteiger partial charge in [0, 0.05) is 33.2 Å². The molecule has 0 bridgehead atoms. The van der Waals surface area contributed by atoms with E-state index in [1.807, 2.05) is 13.8 Å². The Bertz CT molecular complexity index is 1210. The zero-order valence-electron chi connectivity index (χ0n) is 21.4. The lowest BCUT2D eigenvalue weighted by molar-refractivity contribution is -0.140. The van der Waals surface area contributed by atoms with Crippen LogP contribution in [-0.4, -0.2) is 57.1 Å². The molecule has 0 fully saturated rings. The summed E-state index contributed by atoms with van der Waals surface area (Å²) in [6.45, 7) is 4.85. The number of halogens is 3. The van der Waals surface area contributed by atoms with E-state index >= 15 is 0 Å². The molecule has 2 atom stereocenters. The number of sulfonamides is 1. The average Bonchev–Trinajstić information content (AvgIpc) is 2.83. The van der Waals surface area contributed by atoms with E-state index in [0.29, 0.717) is 22.0 Å². The number of methoxy groups -OCH3 is 1. The molecule has 0 aliphatic carbocycles. The first kappa shape index (κ1) is 31.0. The van der Waals surface area contributed by atoms with Crippen LogP contribution in [0.5, 0.6) is 5.75 Å². The van der Waals surface area contributed by atoms with Crippen LogP contribution in [0.25, 0.3) is 0 Å². The van der Waals surface area contributed by atoms with Crippen LogP contribution in [0, 0.1) is 0 Å². The number of hydrogen-bond donors (Lipinski definition) is 1. The van der Waals surface area contributed by atoms with Gasteiger partial charge in [-0.05, 0) is 50.1 Å². The summed E-state index contributed by atoms with van der Waals surface area (Å²) in [5.74, 6) is -0.779. The molecule has 8 nitrogen and oxygen atoms in total. The van der Waals surface area contributed by atoms with Crippen LogP contribution < -0.4 is 14.4 Å². The third-order valence-corrected chi connectivity index (χ3v) is 7.94. The lowest BCUT2D eigenvalue weighted by Gasteiger charge is -2.34. The van der Waals surface area contributed by atoms with Gasteiger partial charge in [0.15, 0.2) is 0 Å². The lowest BCUT2D eigenvalue weighted by Crippen LogP contribution is -2.53. The number of nitrogens with one attached hydrogen (secondary N) is 1. The zero-order valence-corrected chi connectivity index (χ0v) is 24.5. The van der Waals surface area contributed by atoms with Crippen molar-refractivity contribution in [3.63, 3.8) is 0 Å². The Hall–Kier alpha value is -2.20. The Morgan fingerprint density at radius 2 is 1.68 bits per heavy atom. The molecule has 1 N–H and O–H groups in total. The quantitative estimate of drug-likeness (QED) is 0.368. The summed E-state index contributed by atoms with van der Waals surface area (Å²) in [5, 5.41) is 3.80. The van der Waals surface area contributed by atoms with Crippen LogP contribution in [0.1, 0.15) is 39.2 Å². The summed E-state index contributed by atoms with van der Waals surface area (Å²) >= 11 is 18.9. The molecule has 0 spiro atoms. The van der Waals surface area contributed by atoms with Crippen LogP contribution in [-0.2, 0) is 26.2 Å².